The fourth-order valence-electron chi connectivity index (χ4n) is 4.14. The number of fused-ring (bicyclic) bond motifs is 1. The van der Waals surface area contributed by atoms with Gasteiger partial charge >= 0.3 is 0 Å². The van der Waals surface area contributed by atoms with Crippen molar-refractivity contribution in [3.8, 4) is 6.07 Å². The predicted molar refractivity (Wildman–Crippen MR) is 108 cm³/mol. The zero-order valence-corrected chi connectivity index (χ0v) is 16.3. The van der Waals surface area contributed by atoms with Gasteiger partial charge in [0.1, 0.15) is 17.3 Å². The number of pyridine rings is 1. The maximum absolute atomic E-state index is 12.8. The van der Waals surface area contributed by atoms with Crippen LogP contribution in [-0.2, 0) is 0 Å². The first-order valence-electron chi connectivity index (χ1n) is 9.57. The summed E-state index contributed by atoms with van der Waals surface area (Å²) in [5.41, 5.74) is 0.586. The quantitative estimate of drug-likeness (QED) is 0.811. The van der Waals surface area contributed by atoms with Crippen molar-refractivity contribution in [2.45, 2.75) is 50.6 Å². The lowest BCUT2D eigenvalue weighted by atomic mass is 10.1. The van der Waals surface area contributed by atoms with E-state index in [1.54, 1.807) is 28.8 Å². The molecule has 4 rings (SSSR count). The first-order valence-corrected chi connectivity index (χ1v) is 10.8. The predicted octanol–water partition coefficient (Wildman–Crippen LogP) is 2.93. The Morgan fingerprint density at radius 1 is 1.26 bits per heavy atom. The van der Waals surface area contributed by atoms with Crippen LogP contribution >= 0.6 is 11.9 Å². The Kier molecular flexibility index (Phi) is 5.32. The number of nitriles is 1. The molecule has 1 saturated carbocycles. The van der Waals surface area contributed by atoms with Gasteiger partial charge in [-0.05, 0) is 38.0 Å². The maximum Gasteiger partial charge on any atom is 0.270 e. The molecule has 2 aliphatic rings. The zero-order valence-electron chi connectivity index (χ0n) is 15.5. The van der Waals surface area contributed by atoms with E-state index in [9.17, 15) is 10.1 Å². The summed E-state index contributed by atoms with van der Waals surface area (Å²) in [5.74, 6) is 0.570. The molecular formula is C19H24N6OS. The first kappa shape index (κ1) is 18.3. The van der Waals surface area contributed by atoms with E-state index < -0.39 is 0 Å². The van der Waals surface area contributed by atoms with E-state index in [4.69, 9.17) is 4.98 Å². The molecule has 0 amide bonds. The van der Waals surface area contributed by atoms with Crippen LogP contribution < -0.4 is 10.9 Å². The van der Waals surface area contributed by atoms with Gasteiger partial charge in [-0.15, -0.1) is 0 Å². The Morgan fingerprint density at radius 2 is 2.00 bits per heavy atom. The van der Waals surface area contributed by atoms with Gasteiger partial charge < -0.3 is 5.32 Å². The highest BCUT2D eigenvalue weighted by Crippen LogP contribution is 2.30. The topological polar surface area (TPSA) is 86.8 Å². The van der Waals surface area contributed by atoms with Crippen LogP contribution in [0.15, 0.2) is 17.1 Å². The second kappa shape index (κ2) is 7.87. The Morgan fingerprint density at radius 3 is 2.67 bits per heavy atom. The minimum absolute atomic E-state index is 0.126. The Balaban J connectivity index is 1.68. The Labute approximate surface area is 162 Å². The third-order valence-electron chi connectivity index (χ3n) is 5.63. The molecule has 2 aromatic rings. The van der Waals surface area contributed by atoms with Gasteiger partial charge in [0.2, 0.25) is 5.95 Å². The van der Waals surface area contributed by atoms with Gasteiger partial charge in [0, 0.05) is 36.8 Å². The smallest absolute Gasteiger partial charge is 0.270 e. The van der Waals surface area contributed by atoms with Gasteiger partial charge in [0.05, 0.1) is 0 Å². The van der Waals surface area contributed by atoms with E-state index in [-0.39, 0.29) is 17.2 Å². The summed E-state index contributed by atoms with van der Waals surface area (Å²) in [6.07, 6.45) is 10.1. The van der Waals surface area contributed by atoms with Gasteiger partial charge in [-0.25, -0.2) is 4.98 Å². The molecule has 2 aromatic heterocycles. The summed E-state index contributed by atoms with van der Waals surface area (Å²) in [6, 6.07) is 4.11. The van der Waals surface area contributed by atoms with Gasteiger partial charge in [-0.3, -0.25) is 13.7 Å². The van der Waals surface area contributed by atoms with Crippen LogP contribution in [0.3, 0.4) is 0 Å². The number of hydrogen-bond acceptors (Lipinski definition) is 7. The third kappa shape index (κ3) is 3.66. The number of anilines is 1. The molecule has 1 aliphatic carbocycles. The summed E-state index contributed by atoms with van der Waals surface area (Å²) in [6.45, 7) is 2.09. The van der Waals surface area contributed by atoms with Crippen molar-refractivity contribution in [1.29, 1.82) is 5.26 Å². The molecule has 0 bridgehead atoms. The normalized spacial score (nSPS) is 19.4. The average Bonchev–Trinajstić information content (AvgIpc) is 3.22. The van der Waals surface area contributed by atoms with E-state index in [1.165, 1.54) is 0 Å². The van der Waals surface area contributed by atoms with Crippen molar-refractivity contribution in [2.75, 3.05) is 24.7 Å². The molecular weight excluding hydrogens is 360 g/mol. The second-order valence-electron chi connectivity index (χ2n) is 7.29. The summed E-state index contributed by atoms with van der Waals surface area (Å²) in [7, 11) is 0. The van der Waals surface area contributed by atoms with Crippen LogP contribution in [0.25, 0.3) is 11.0 Å². The van der Waals surface area contributed by atoms with Crippen LogP contribution in [0.1, 0.15) is 50.1 Å². The SMILES string of the molecule is CSN1CCC(Nc2ncc3cc(C#N)c(=O)n(C4CCCC4)c3n2)CC1. The minimum atomic E-state index is -0.227. The van der Waals surface area contributed by atoms with Crippen molar-refractivity contribution in [3.63, 3.8) is 0 Å². The van der Waals surface area contributed by atoms with Gasteiger partial charge in [0.25, 0.3) is 5.56 Å². The molecule has 0 radical (unpaired) electrons. The molecule has 3 heterocycles. The van der Waals surface area contributed by atoms with Crippen LogP contribution in [-0.4, -0.2) is 44.2 Å². The third-order valence-corrected chi connectivity index (χ3v) is 6.51. The highest BCUT2D eigenvalue weighted by molar-refractivity contribution is 7.96. The highest BCUT2D eigenvalue weighted by Gasteiger charge is 2.23. The molecule has 27 heavy (non-hydrogen) atoms. The lowest BCUT2D eigenvalue weighted by Crippen LogP contribution is -2.36. The molecule has 0 unspecified atom stereocenters. The molecule has 1 aliphatic heterocycles. The fraction of sp³-hybridized carbons (Fsp3) is 0.579. The number of aromatic nitrogens is 3. The molecule has 1 N–H and O–H groups in total. The van der Waals surface area contributed by atoms with E-state index >= 15 is 0 Å². The first-order chi connectivity index (χ1) is 13.2. The summed E-state index contributed by atoms with van der Waals surface area (Å²) < 4.78 is 4.10. The minimum Gasteiger partial charge on any atom is -0.351 e. The largest absolute Gasteiger partial charge is 0.351 e. The summed E-state index contributed by atoms with van der Waals surface area (Å²) in [5, 5.41) is 13.5. The average molecular weight is 385 g/mol. The number of piperidine rings is 1. The molecule has 7 nitrogen and oxygen atoms in total. The molecule has 0 aromatic carbocycles. The van der Waals surface area contributed by atoms with Crippen LogP contribution in [0.4, 0.5) is 5.95 Å². The van der Waals surface area contributed by atoms with Crippen molar-refractivity contribution in [2.24, 2.45) is 0 Å². The van der Waals surface area contributed by atoms with Crippen molar-refractivity contribution in [3.05, 3.63) is 28.2 Å². The number of rotatable bonds is 4. The van der Waals surface area contributed by atoms with Crippen LogP contribution in [0.2, 0.25) is 0 Å². The lowest BCUT2D eigenvalue weighted by molar-refractivity contribution is 0.358. The van der Waals surface area contributed by atoms with Gasteiger partial charge in [-0.1, -0.05) is 24.8 Å². The van der Waals surface area contributed by atoms with E-state index in [1.807, 2.05) is 6.07 Å². The maximum atomic E-state index is 12.8. The molecule has 8 heteroatoms. The molecule has 1 saturated heterocycles. The van der Waals surface area contributed by atoms with E-state index in [0.29, 0.717) is 17.6 Å². The molecule has 2 fully saturated rings. The van der Waals surface area contributed by atoms with Gasteiger partial charge in [0.15, 0.2) is 0 Å². The van der Waals surface area contributed by atoms with Crippen LogP contribution in [0.5, 0.6) is 0 Å². The summed E-state index contributed by atoms with van der Waals surface area (Å²) >= 11 is 1.79. The Bertz CT molecular complexity index is 922. The second-order valence-corrected chi connectivity index (χ2v) is 8.17. The zero-order chi connectivity index (χ0) is 18.8. The van der Waals surface area contributed by atoms with Crippen molar-refractivity contribution >= 4 is 28.9 Å². The van der Waals surface area contributed by atoms with Crippen molar-refractivity contribution in [1.82, 2.24) is 18.8 Å². The highest BCUT2D eigenvalue weighted by atomic mass is 32.2. The lowest BCUT2D eigenvalue weighted by Gasteiger charge is -2.30. The number of nitrogens with zero attached hydrogens (tertiary/aromatic N) is 5. The van der Waals surface area contributed by atoms with E-state index in [0.717, 1.165) is 57.0 Å². The summed E-state index contributed by atoms with van der Waals surface area (Å²) in [4.78, 5) is 22.0. The fourth-order valence-corrected chi connectivity index (χ4v) is 4.71. The number of nitrogens with one attached hydrogen (secondary N) is 1. The standard InChI is InChI=1S/C19H24N6OS/c1-27-24-8-6-15(7-9-24)22-19-21-12-14-10-13(11-20)18(26)25(17(14)23-19)16-4-2-3-5-16/h10,12,15-16H,2-9H2,1H3,(H,21,22,23). The van der Waals surface area contributed by atoms with E-state index in [2.05, 4.69) is 20.9 Å². The number of hydrogen-bond donors (Lipinski definition) is 1. The molecule has 0 atom stereocenters. The Hall–Kier alpha value is -2.11. The van der Waals surface area contributed by atoms with Gasteiger partial charge in [-0.2, -0.15) is 10.2 Å². The molecule has 0 spiro atoms. The molecule has 142 valence electrons. The van der Waals surface area contributed by atoms with Crippen LogP contribution in [0, 0.1) is 11.3 Å². The van der Waals surface area contributed by atoms with Crippen molar-refractivity contribution < 1.29 is 0 Å². The monoisotopic (exact) mass is 384 g/mol.